The molecule has 112 valence electrons. The first-order valence-corrected chi connectivity index (χ1v) is 6.61. The second-order valence-corrected chi connectivity index (χ2v) is 4.77. The highest BCUT2D eigenvalue weighted by Crippen LogP contribution is 2.19. The minimum atomic E-state index is -0.358. The van der Waals surface area contributed by atoms with Crippen molar-refractivity contribution in [2.45, 2.75) is 13.5 Å². The molecule has 0 fully saturated rings. The summed E-state index contributed by atoms with van der Waals surface area (Å²) < 4.78 is 6.31. The highest BCUT2D eigenvalue weighted by molar-refractivity contribution is 6.31. The van der Waals surface area contributed by atoms with Crippen molar-refractivity contribution in [1.29, 1.82) is 0 Å². The number of aryl methyl sites for hydroxylation is 1. The molecule has 3 aromatic rings. The number of tetrazole rings is 1. The zero-order valence-electron chi connectivity index (χ0n) is 11.4. The minimum absolute atomic E-state index is 0.112. The van der Waals surface area contributed by atoms with Gasteiger partial charge in [-0.05, 0) is 35.5 Å². The normalized spacial score (nSPS) is 10.6. The first-order valence-electron chi connectivity index (χ1n) is 6.24. The van der Waals surface area contributed by atoms with Gasteiger partial charge in [-0.1, -0.05) is 16.8 Å². The number of rotatable bonds is 4. The van der Waals surface area contributed by atoms with E-state index >= 15 is 0 Å². The molecule has 0 atom stereocenters. The molecule has 3 rings (SSSR count). The molecule has 0 aliphatic heterocycles. The fourth-order valence-electron chi connectivity index (χ4n) is 1.82. The molecule has 0 radical (unpaired) electrons. The van der Waals surface area contributed by atoms with Crippen LogP contribution in [0.25, 0.3) is 5.69 Å². The van der Waals surface area contributed by atoms with Crippen molar-refractivity contribution in [2.24, 2.45) is 0 Å². The molecule has 0 bridgehead atoms. The van der Waals surface area contributed by atoms with Crippen molar-refractivity contribution in [2.75, 3.05) is 0 Å². The highest BCUT2D eigenvalue weighted by atomic mass is 35.5. The van der Waals surface area contributed by atoms with Crippen LogP contribution in [0.2, 0.25) is 5.02 Å². The summed E-state index contributed by atoms with van der Waals surface area (Å²) in [4.78, 5) is 16.4. The van der Waals surface area contributed by atoms with Crippen LogP contribution in [0.4, 0.5) is 0 Å². The van der Waals surface area contributed by atoms with Crippen LogP contribution in [0.3, 0.4) is 0 Å². The molecule has 0 aliphatic rings. The summed E-state index contributed by atoms with van der Waals surface area (Å²) in [6.45, 7) is 1.81. The molecule has 10 heteroatoms. The van der Waals surface area contributed by atoms with Gasteiger partial charge in [0.25, 0.3) is 5.91 Å². The van der Waals surface area contributed by atoms with Gasteiger partial charge in [-0.2, -0.15) is 9.67 Å². The van der Waals surface area contributed by atoms with Crippen LogP contribution >= 0.6 is 11.6 Å². The molecular weight excluding hydrogens is 310 g/mol. The van der Waals surface area contributed by atoms with E-state index in [2.05, 4.69) is 31.0 Å². The summed E-state index contributed by atoms with van der Waals surface area (Å²) in [5.41, 5.74) is 0.838. The third kappa shape index (κ3) is 2.93. The van der Waals surface area contributed by atoms with Crippen LogP contribution in [-0.2, 0) is 6.54 Å². The fourth-order valence-corrected chi connectivity index (χ4v) is 2.00. The van der Waals surface area contributed by atoms with Gasteiger partial charge in [0.2, 0.25) is 5.89 Å². The Hall–Kier alpha value is -2.81. The van der Waals surface area contributed by atoms with E-state index < -0.39 is 0 Å². The molecule has 1 N–H and O–H groups in total. The second kappa shape index (κ2) is 5.90. The van der Waals surface area contributed by atoms with Crippen molar-refractivity contribution in [3.63, 3.8) is 0 Å². The summed E-state index contributed by atoms with van der Waals surface area (Å²) in [6.07, 6.45) is 1.39. The van der Waals surface area contributed by atoms with E-state index in [0.29, 0.717) is 28.0 Å². The average molecular weight is 320 g/mol. The topological polar surface area (TPSA) is 112 Å². The van der Waals surface area contributed by atoms with Crippen LogP contribution in [0.1, 0.15) is 22.1 Å². The quantitative estimate of drug-likeness (QED) is 0.761. The Kier molecular flexibility index (Phi) is 3.79. The zero-order valence-corrected chi connectivity index (χ0v) is 12.2. The fraction of sp³-hybridized carbons (Fsp3) is 0.167. The Balaban J connectivity index is 1.83. The maximum absolute atomic E-state index is 12.4. The van der Waals surface area contributed by atoms with E-state index in [4.69, 9.17) is 16.1 Å². The van der Waals surface area contributed by atoms with Gasteiger partial charge in [0.05, 0.1) is 17.8 Å². The van der Waals surface area contributed by atoms with Crippen molar-refractivity contribution < 1.29 is 9.32 Å². The molecule has 2 heterocycles. The predicted molar refractivity (Wildman–Crippen MR) is 74.4 cm³/mol. The molecule has 0 aliphatic carbocycles. The van der Waals surface area contributed by atoms with Crippen LogP contribution < -0.4 is 5.32 Å². The molecule has 0 unspecified atom stereocenters. The number of hydrogen-bond acceptors (Lipinski definition) is 7. The number of nitrogens with one attached hydrogen (secondary N) is 1. The summed E-state index contributed by atoms with van der Waals surface area (Å²) in [7, 11) is 0. The highest BCUT2D eigenvalue weighted by Gasteiger charge is 2.15. The number of carbonyl (C=O) groups excluding carboxylic acids is 1. The lowest BCUT2D eigenvalue weighted by atomic mass is 10.1. The lowest BCUT2D eigenvalue weighted by Crippen LogP contribution is -2.24. The Labute approximate surface area is 129 Å². The third-order valence-corrected chi connectivity index (χ3v) is 3.00. The monoisotopic (exact) mass is 319 g/mol. The van der Waals surface area contributed by atoms with E-state index in [0.717, 1.165) is 0 Å². The number of aromatic nitrogens is 6. The standard InChI is InChI=1S/C12H10ClN7O2/c1-7-16-11(22-17-7)5-14-12(21)9-4-8(13)2-3-10(9)20-6-15-18-19-20/h2-4,6H,5H2,1H3,(H,14,21). The van der Waals surface area contributed by atoms with Crippen LogP contribution in [-0.4, -0.2) is 36.3 Å². The molecule has 1 aromatic carbocycles. The Morgan fingerprint density at radius 2 is 2.32 bits per heavy atom. The smallest absolute Gasteiger partial charge is 0.253 e. The van der Waals surface area contributed by atoms with Gasteiger partial charge in [-0.25, -0.2) is 0 Å². The van der Waals surface area contributed by atoms with E-state index in [1.807, 2.05) is 0 Å². The number of nitrogens with zero attached hydrogens (tertiary/aromatic N) is 6. The maximum atomic E-state index is 12.4. The Morgan fingerprint density at radius 3 is 3.00 bits per heavy atom. The van der Waals surface area contributed by atoms with Crippen molar-refractivity contribution in [1.82, 2.24) is 35.7 Å². The molecule has 0 saturated heterocycles. The SMILES string of the molecule is Cc1noc(CNC(=O)c2cc(Cl)ccc2-n2cnnn2)n1. The number of amides is 1. The average Bonchev–Trinajstić information content (AvgIpc) is 3.16. The van der Waals surface area contributed by atoms with Gasteiger partial charge in [-0.3, -0.25) is 4.79 Å². The van der Waals surface area contributed by atoms with Crippen molar-refractivity contribution >= 4 is 17.5 Å². The molecule has 0 saturated carbocycles. The second-order valence-electron chi connectivity index (χ2n) is 4.33. The van der Waals surface area contributed by atoms with Crippen molar-refractivity contribution in [3.05, 3.63) is 46.8 Å². The van der Waals surface area contributed by atoms with E-state index in [-0.39, 0.29) is 12.5 Å². The van der Waals surface area contributed by atoms with Crippen LogP contribution in [0, 0.1) is 6.92 Å². The first-order chi connectivity index (χ1) is 10.6. The van der Waals surface area contributed by atoms with Crippen LogP contribution in [0.5, 0.6) is 0 Å². The summed E-state index contributed by atoms with van der Waals surface area (Å²) >= 11 is 5.96. The van der Waals surface area contributed by atoms with Gasteiger partial charge in [-0.15, -0.1) is 5.10 Å². The van der Waals surface area contributed by atoms with Gasteiger partial charge >= 0.3 is 0 Å². The van der Waals surface area contributed by atoms with Gasteiger partial charge in [0.15, 0.2) is 5.82 Å². The van der Waals surface area contributed by atoms with Gasteiger partial charge < -0.3 is 9.84 Å². The van der Waals surface area contributed by atoms with Crippen molar-refractivity contribution in [3.8, 4) is 5.69 Å². The molecular formula is C12H10ClN7O2. The van der Waals surface area contributed by atoms with Crippen LogP contribution in [0.15, 0.2) is 29.0 Å². The lowest BCUT2D eigenvalue weighted by molar-refractivity contribution is 0.0946. The zero-order chi connectivity index (χ0) is 15.5. The summed E-state index contributed by atoms with van der Waals surface area (Å²) in [6, 6.07) is 4.84. The number of benzene rings is 1. The van der Waals surface area contributed by atoms with E-state index in [1.54, 1.807) is 19.1 Å². The molecule has 0 spiro atoms. The number of halogens is 1. The molecule has 22 heavy (non-hydrogen) atoms. The lowest BCUT2D eigenvalue weighted by Gasteiger charge is -2.08. The minimum Gasteiger partial charge on any atom is -0.343 e. The largest absolute Gasteiger partial charge is 0.343 e. The third-order valence-electron chi connectivity index (χ3n) is 2.77. The van der Waals surface area contributed by atoms with E-state index in [1.165, 1.54) is 17.1 Å². The number of carbonyl (C=O) groups is 1. The molecule has 2 aromatic heterocycles. The maximum Gasteiger partial charge on any atom is 0.253 e. The summed E-state index contributed by atoms with van der Waals surface area (Å²) in [5, 5.41) is 17.6. The van der Waals surface area contributed by atoms with Gasteiger partial charge in [0, 0.05) is 5.02 Å². The first kappa shape index (κ1) is 14.1. The Morgan fingerprint density at radius 1 is 1.45 bits per heavy atom. The molecule has 9 nitrogen and oxygen atoms in total. The predicted octanol–water partition coefficient (Wildman–Crippen LogP) is 0.937. The summed E-state index contributed by atoms with van der Waals surface area (Å²) in [5.74, 6) is 0.460. The molecule has 1 amide bonds. The van der Waals surface area contributed by atoms with Gasteiger partial charge in [0.1, 0.15) is 6.33 Å². The Bertz CT molecular complexity index is 800. The number of hydrogen-bond donors (Lipinski definition) is 1. The van der Waals surface area contributed by atoms with E-state index in [9.17, 15) is 4.79 Å².